The number of benzene rings is 1. The molecule has 0 radical (unpaired) electrons. The van der Waals surface area contributed by atoms with Gasteiger partial charge < -0.3 is 4.74 Å². The monoisotopic (exact) mass is 270 g/mol. The number of ether oxygens (including phenoxy) is 1. The number of rotatable bonds is 6. The van der Waals surface area contributed by atoms with Gasteiger partial charge in [-0.2, -0.15) is 0 Å². The predicted octanol–water partition coefficient (Wildman–Crippen LogP) is 4.21. The van der Waals surface area contributed by atoms with Crippen LogP contribution < -0.4 is 0 Å². The van der Waals surface area contributed by atoms with Crippen LogP contribution in [-0.2, 0) is 16.0 Å². The van der Waals surface area contributed by atoms with E-state index in [2.05, 4.69) is 25.3 Å². The Kier molecular flexibility index (Phi) is 7.21. The molecular weight excluding hydrogens is 248 g/mol. The smallest absolute Gasteiger partial charge is 0.304 e. The Hall–Kier alpha value is -2.01. The van der Waals surface area contributed by atoms with Crippen LogP contribution in [0.25, 0.3) is 0 Å². The molecule has 0 aromatic heterocycles. The maximum atomic E-state index is 11.3. The molecule has 1 rings (SSSR count). The standard InChI is InChI=1S/C18H22O2/c1-4-6-7-8-14-18(20-15(3)19)17-13-10-9-12-16(17)11-5-2/h5,9-10,12-13,18H,2,4,6-7,11H2,1,3H3. The van der Waals surface area contributed by atoms with Crippen LogP contribution in [0.3, 0.4) is 0 Å². The lowest BCUT2D eigenvalue weighted by Gasteiger charge is -2.15. The summed E-state index contributed by atoms with van der Waals surface area (Å²) in [5, 5.41) is 0. The van der Waals surface area contributed by atoms with E-state index in [0.717, 1.165) is 36.8 Å². The number of esters is 1. The second-order valence-electron chi connectivity index (χ2n) is 4.61. The molecule has 1 aromatic carbocycles. The van der Waals surface area contributed by atoms with Crippen LogP contribution in [0, 0.1) is 11.8 Å². The number of carbonyl (C=O) groups is 1. The third-order valence-corrected chi connectivity index (χ3v) is 2.87. The lowest BCUT2D eigenvalue weighted by Crippen LogP contribution is -2.09. The summed E-state index contributed by atoms with van der Waals surface area (Å²) in [5.41, 5.74) is 2.05. The quantitative estimate of drug-likeness (QED) is 0.335. The lowest BCUT2D eigenvalue weighted by molar-refractivity contribution is -0.144. The average molecular weight is 270 g/mol. The zero-order valence-electron chi connectivity index (χ0n) is 12.3. The number of hydrogen-bond donors (Lipinski definition) is 0. The molecule has 1 unspecified atom stereocenters. The van der Waals surface area contributed by atoms with Gasteiger partial charge in [0, 0.05) is 18.9 Å². The summed E-state index contributed by atoms with van der Waals surface area (Å²) in [4.78, 5) is 11.3. The molecule has 0 bridgehead atoms. The summed E-state index contributed by atoms with van der Waals surface area (Å²) >= 11 is 0. The fourth-order valence-corrected chi connectivity index (χ4v) is 1.90. The molecule has 2 heteroatoms. The van der Waals surface area contributed by atoms with Gasteiger partial charge in [0.15, 0.2) is 6.10 Å². The van der Waals surface area contributed by atoms with Crippen LogP contribution in [0.4, 0.5) is 0 Å². The predicted molar refractivity (Wildman–Crippen MR) is 82.2 cm³/mol. The molecule has 0 aliphatic carbocycles. The first-order valence-electron chi connectivity index (χ1n) is 7.03. The summed E-state index contributed by atoms with van der Waals surface area (Å²) in [6, 6.07) is 7.88. The van der Waals surface area contributed by atoms with Crippen molar-refractivity contribution < 1.29 is 9.53 Å². The largest absolute Gasteiger partial charge is 0.444 e. The van der Waals surface area contributed by atoms with Gasteiger partial charge in [-0.05, 0) is 18.4 Å². The van der Waals surface area contributed by atoms with Gasteiger partial charge in [0.2, 0.25) is 0 Å². The van der Waals surface area contributed by atoms with Gasteiger partial charge >= 0.3 is 5.97 Å². The molecule has 2 nitrogen and oxygen atoms in total. The Morgan fingerprint density at radius 2 is 2.20 bits per heavy atom. The highest BCUT2D eigenvalue weighted by atomic mass is 16.5. The van der Waals surface area contributed by atoms with Gasteiger partial charge in [0.1, 0.15) is 0 Å². The van der Waals surface area contributed by atoms with E-state index >= 15 is 0 Å². The van der Waals surface area contributed by atoms with Crippen LogP contribution >= 0.6 is 0 Å². The van der Waals surface area contributed by atoms with E-state index in [9.17, 15) is 4.79 Å². The van der Waals surface area contributed by atoms with Crippen molar-refractivity contribution in [2.75, 3.05) is 0 Å². The first kappa shape index (κ1) is 16.0. The van der Waals surface area contributed by atoms with Gasteiger partial charge in [0.25, 0.3) is 0 Å². The Labute approximate surface area is 121 Å². The molecule has 0 spiro atoms. The maximum Gasteiger partial charge on any atom is 0.304 e. The normalized spacial score (nSPS) is 11.1. The highest BCUT2D eigenvalue weighted by molar-refractivity contribution is 5.67. The van der Waals surface area contributed by atoms with Crippen molar-refractivity contribution in [3.05, 3.63) is 48.0 Å². The molecule has 0 saturated heterocycles. The lowest BCUT2D eigenvalue weighted by atomic mass is 10.00. The van der Waals surface area contributed by atoms with Gasteiger partial charge in [0.05, 0.1) is 0 Å². The second-order valence-corrected chi connectivity index (χ2v) is 4.61. The third-order valence-electron chi connectivity index (χ3n) is 2.87. The van der Waals surface area contributed by atoms with Crippen LogP contribution in [0.5, 0.6) is 0 Å². The molecule has 0 fully saturated rings. The average Bonchev–Trinajstić information content (AvgIpc) is 2.43. The van der Waals surface area contributed by atoms with E-state index < -0.39 is 6.10 Å². The molecule has 0 N–H and O–H groups in total. The molecule has 0 aliphatic heterocycles. The van der Waals surface area contributed by atoms with Gasteiger partial charge in [-0.25, -0.2) is 0 Å². The second kappa shape index (κ2) is 8.98. The van der Waals surface area contributed by atoms with Crippen LogP contribution in [-0.4, -0.2) is 5.97 Å². The Balaban J connectivity index is 2.99. The maximum absolute atomic E-state index is 11.3. The SMILES string of the molecule is C=CCc1ccccc1C(C#CCCCC)OC(C)=O. The fourth-order valence-electron chi connectivity index (χ4n) is 1.90. The summed E-state index contributed by atoms with van der Waals surface area (Å²) in [6.07, 6.45) is 5.10. The molecule has 20 heavy (non-hydrogen) atoms. The van der Waals surface area contributed by atoms with Crippen LogP contribution in [0.2, 0.25) is 0 Å². The summed E-state index contributed by atoms with van der Waals surface area (Å²) in [6.45, 7) is 7.30. The van der Waals surface area contributed by atoms with Crippen molar-refractivity contribution in [2.24, 2.45) is 0 Å². The molecule has 0 heterocycles. The van der Waals surface area contributed by atoms with Gasteiger partial charge in [-0.1, -0.05) is 55.5 Å². The number of hydrogen-bond acceptors (Lipinski definition) is 2. The highest BCUT2D eigenvalue weighted by Crippen LogP contribution is 2.22. The van der Waals surface area contributed by atoms with Crippen molar-refractivity contribution in [1.82, 2.24) is 0 Å². The molecule has 0 amide bonds. The van der Waals surface area contributed by atoms with E-state index in [0.29, 0.717) is 0 Å². The van der Waals surface area contributed by atoms with Crippen molar-refractivity contribution in [3.8, 4) is 11.8 Å². The summed E-state index contributed by atoms with van der Waals surface area (Å²) in [7, 11) is 0. The molecule has 1 atom stereocenters. The van der Waals surface area contributed by atoms with E-state index in [1.807, 2.05) is 30.3 Å². The highest BCUT2D eigenvalue weighted by Gasteiger charge is 2.14. The van der Waals surface area contributed by atoms with Gasteiger partial charge in [-0.15, -0.1) is 6.58 Å². The van der Waals surface area contributed by atoms with Crippen molar-refractivity contribution >= 4 is 5.97 Å². The number of carbonyl (C=O) groups excluding carboxylic acids is 1. The Bertz CT molecular complexity index is 506. The van der Waals surface area contributed by atoms with E-state index in [1.165, 1.54) is 6.92 Å². The Morgan fingerprint density at radius 3 is 2.85 bits per heavy atom. The minimum absolute atomic E-state index is 0.312. The van der Waals surface area contributed by atoms with Crippen molar-refractivity contribution in [2.45, 2.75) is 45.6 Å². The molecule has 0 aliphatic rings. The minimum atomic E-state index is -0.486. The van der Waals surface area contributed by atoms with Gasteiger partial charge in [-0.3, -0.25) is 4.79 Å². The molecular formula is C18H22O2. The van der Waals surface area contributed by atoms with Crippen LogP contribution in [0.1, 0.15) is 50.3 Å². The van der Waals surface area contributed by atoms with E-state index in [1.54, 1.807) is 0 Å². The van der Waals surface area contributed by atoms with E-state index in [4.69, 9.17) is 4.74 Å². The molecule has 1 aromatic rings. The zero-order valence-corrected chi connectivity index (χ0v) is 12.3. The number of allylic oxidation sites excluding steroid dienone is 1. The third kappa shape index (κ3) is 5.32. The fraction of sp³-hybridized carbons (Fsp3) is 0.389. The van der Waals surface area contributed by atoms with Crippen LogP contribution in [0.15, 0.2) is 36.9 Å². The van der Waals surface area contributed by atoms with Crippen molar-refractivity contribution in [3.63, 3.8) is 0 Å². The van der Waals surface area contributed by atoms with E-state index in [-0.39, 0.29) is 5.97 Å². The first-order valence-corrected chi connectivity index (χ1v) is 7.03. The summed E-state index contributed by atoms with van der Waals surface area (Å²) < 4.78 is 5.36. The topological polar surface area (TPSA) is 26.3 Å². The van der Waals surface area contributed by atoms with Crippen molar-refractivity contribution in [1.29, 1.82) is 0 Å². The Morgan fingerprint density at radius 1 is 1.45 bits per heavy atom. The first-order chi connectivity index (χ1) is 9.69. The zero-order chi connectivity index (χ0) is 14.8. The molecule has 106 valence electrons. The summed E-state index contributed by atoms with van der Waals surface area (Å²) in [5.74, 6) is 5.87. The number of unbranched alkanes of at least 4 members (excludes halogenated alkanes) is 2. The minimum Gasteiger partial charge on any atom is -0.444 e. The molecule has 0 saturated carbocycles.